The number of nitriles is 2. The number of thiophene rings is 2. The van der Waals surface area contributed by atoms with Gasteiger partial charge in [0.05, 0.1) is 12.1 Å². The fourth-order valence-electron chi connectivity index (χ4n) is 2.24. The Labute approximate surface area is 148 Å². The zero-order chi connectivity index (χ0) is 16.8. The first-order chi connectivity index (χ1) is 11.8. The molecule has 0 aliphatic heterocycles. The molecule has 2 aromatic heterocycles. The van der Waals surface area contributed by atoms with Crippen LogP contribution in [0.1, 0.15) is 21.8 Å². The van der Waals surface area contributed by atoms with Gasteiger partial charge in [0.15, 0.2) is 0 Å². The van der Waals surface area contributed by atoms with Crippen molar-refractivity contribution in [1.29, 1.82) is 10.5 Å². The van der Waals surface area contributed by atoms with Crippen molar-refractivity contribution in [3.8, 4) is 12.1 Å². The van der Waals surface area contributed by atoms with Crippen LogP contribution in [0.15, 0.2) is 59.3 Å². The second kappa shape index (κ2) is 7.65. The van der Waals surface area contributed by atoms with Crippen LogP contribution in [0.25, 0.3) is 0 Å². The maximum absolute atomic E-state index is 9.32. The summed E-state index contributed by atoms with van der Waals surface area (Å²) in [5.74, 6) is 0. The van der Waals surface area contributed by atoms with Gasteiger partial charge in [0, 0.05) is 21.1 Å². The van der Waals surface area contributed by atoms with Gasteiger partial charge in [-0.25, -0.2) is 0 Å². The molecule has 0 saturated heterocycles. The van der Waals surface area contributed by atoms with Gasteiger partial charge in [0.1, 0.15) is 12.1 Å². The lowest BCUT2D eigenvalue weighted by atomic mass is 10.2. The third kappa shape index (κ3) is 3.75. The van der Waals surface area contributed by atoms with E-state index in [0.717, 1.165) is 21.1 Å². The molecule has 0 aliphatic carbocycles. The molecule has 0 bridgehead atoms. The average molecular weight is 350 g/mol. The summed E-state index contributed by atoms with van der Waals surface area (Å²) in [5.41, 5.74) is 1.73. The van der Waals surface area contributed by atoms with Crippen LogP contribution in [-0.2, 0) is 0 Å². The molecule has 3 rings (SSSR count). The van der Waals surface area contributed by atoms with Crippen molar-refractivity contribution in [2.75, 3.05) is 10.6 Å². The van der Waals surface area contributed by atoms with Gasteiger partial charge in [0.2, 0.25) is 0 Å². The van der Waals surface area contributed by atoms with Gasteiger partial charge in [0.25, 0.3) is 0 Å². The van der Waals surface area contributed by atoms with Crippen LogP contribution in [0.4, 0.5) is 11.4 Å². The van der Waals surface area contributed by atoms with E-state index in [1.54, 1.807) is 22.7 Å². The van der Waals surface area contributed by atoms with E-state index in [2.05, 4.69) is 22.8 Å². The van der Waals surface area contributed by atoms with Crippen molar-refractivity contribution in [3.63, 3.8) is 0 Å². The van der Waals surface area contributed by atoms with Crippen LogP contribution >= 0.6 is 22.7 Å². The molecule has 3 aromatic rings. The van der Waals surface area contributed by atoms with E-state index in [0.29, 0.717) is 0 Å². The van der Waals surface area contributed by atoms with Crippen molar-refractivity contribution >= 4 is 34.0 Å². The number of nitrogens with zero attached hydrogens (tertiary/aromatic N) is 2. The minimum atomic E-state index is -0.359. The van der Waals surface area contributed by atoms with Gasteiger partial charge in [-0.1, -0.05) is 12.1 Å². The second-order valence-corrected chi connectivity index (χ2v) is 6.98. The zero-order valence-electron chi connectivity index (χ0n) is 12.6. The first-order valence-electron chi connectivity index (χ1n) is 7.29. The van der Waals surface area contributed by atoms with E-state index in [-0.39, 0.29) is 12.1 Å². The quantitative estimate of drug-likeness (QED) is 0.644. The highest BCUT2D eigenvalue weighted by Gasteiger charge is 2.13. The van der Waals surface area contributed by atoms with Gasteiger partial charge in [-0.05, 0) is 47.2 Å². The van der Waals surface area contributed by atoms with Crippen LogP contribution < -0.4 is 10.6 Å². The molecule has 4 nitrogen and oxygen atoms in total. The molecule has 0 unspecified atom stereocenters. The van der Waals surface area contributed by atoms with Crippen LogP contribution in [0.2, 0.25) is 0 Å². The second-order valence-electron chi connectivity index (χ2n) is 5.02. The predicted octanol–water partition coefficient (Wildman–Crippen LogP) is 5.16. The van der Waals surface area contributed by atoms with E-state index < -0.39 is 0 Å². The number of benzene rings is 1. The molecule has 24 heavy (non-hydrogen) atoms. The molecule has 0 saturated carbocycles. The summed E-state index contributed by atoms with van der Waals surface area (Å²) in [6.45, 7) is 0. The van der Waals surface area contributed by atoms with Crippen molar-refractivity contribution in [2.24, 2.45) is 0 Å². The number of hydrogen-bond acceptors (Lipinski definition) is 6. The Kier molecular flexibility index (Phi) is 5.12. The van der Waals surface area contributed by atoms with E-state index in [4.69, 9.17) is 0 Å². The lowest BCUT2D eigenvalue weighted by Crippen LogP contribution is -2.08. The summed E-state index contributed by atoms with van der Waals surface area (Å²) in [5, 5.41) is 29.0. The highest BCUT2D eigenvalue weighted by atomic mass is 32.1. The molecule has 0 aliphatic rings. The molecule has 2 heterocycles. The minimum Gasteiger partial charge on any atom is -0.366 e. The fraction of sp³-hybridized carbons (Fsp3) is 0.111. The largest absolute Gasteiger partial charge is 0.366 e. The summed E-state index contributed by atoms with van der Waals surface area (Å²) in [7, 11) is 0. The summed E-state index contributed by atoms with van der Waals surface area (Å²) in [4.78, 5) is 1.98. The Bertz CT molecular complexity index is 767. The molecule has 0 radical (unpaired) electrons. The first kappa shape index (κ1) is 16.1. The van der Waals surface area contributed by atoms with Crippen LogP contribution in [-0.4, -0.2) is 0 Å². The van der Waals surface area contributed by atoms with Crippen molar-refractivity contribution in [1.82, 2.24) is 0 Å². The number of nitrogens with one attached hydrogen (secondary N) is 2. The molecule has 2 N–H and O–H groups in total. The minimum absolute atomic E-state index is 0.359. The third-order valence-corrected chi connectivity index (χ3v) is 5.29. The Morgan fingerprint density at radius 3 is 1.42 bits per heavy atom. The third-order valence-electron chi connectivity index (χ3n) is 3.42. The monoisotopic (exact) mass is 350 g/mol. The maximum Gasteiger partial charge on any atom is 0.149 e. The van der Waals surface area contributed by atoms with Crippen molar-refractivity contribution in [3.05, 3.63) is 69.0 Å². The summed E-state index contributed by atoms with van der Waals surface area (Å²) < 4.78 is 0. The Hall–Kier alpha value is -2.80. The maximum atomic E-state index is 9.32. The van der Waals surface area contributed by atoms with E-state index >= 15 is 0 Å². The molecule has 0 amide bonds. The summed E-state index contributed by atoms with van der Waals surface area (Å²) in [6.07, 6.45) is 0. The zero-order valence-corrected chi connectivity index (χ0v) is 14.3. The topological polar surface area (TPSA) is 71.6 Å². The van der Waals surface area contributed by atoms with Gasteiger partial charge in [-0.15, -0.1) is 22.7 Å². The molecule has 0 spiro atoms. The van der Waals surface area contributed by atoms with Gasteiger partial charge in [-0.2, -0.15) is 10.5 Å². The Morgan fingerprint density at radius 2 is 1.12 bits per heavy atom. The lowest BCUT2D eigenvalue weighted by Gasteiger charge is -2.14. The highest BCUT2D eigenvalue weighted by Crippen LogP contribution is 2.26. The van der Waals surface area contributed by atoms with Gasteiger partial charge < -0.3 is 10.6 Å². The average Bonchev–Trinajstić information content (AvgIpc) is 3.32. The number of rotatable bonds is 6. The van der Waals surface area contributed by atoms with E-state index in [1.807, 2.05) is 59.3 Å². The Balaban J connectivity index is 1.67. The van der Waals surface area contributed by atoms with E-state index in [1.165, 1.54) is 0 Å². The normalized spacial score (nSPS) is 12.6. The Morgan fingerprint density at radius 1 is 0.708 bits per heavy atom. The van der Waals surface area contributed by atoms with Gasteiger partial charge in [-0.3, -0.25) is 0 Å². The smallest absolute Gasteiger partial charge is 0.149 e. The fourth-order valence-corrected chi connectivity index (χ4v) is 3.68. The lowest BCUT2D eigenvalue weighted by molar-refractivity contribution is 1.02. The van der Waals surface area contributed by atoms with Crippen LogP contribution in [0.5, 0.6) is 0 Å². The number of anilines is 2. The summed E-state index contributed by atoms with van der Waals surface area (Å²) in [6, 6.07) is 19.2. The van der Waals surface area contributed by atoms with Crippen molar-refractivity contribution in [2.45, 2.75) is 12.1 Å². The SMILES string of the molecule is N#C[C@H](Nc1ccc(N[C@@H](C#N)c2cccs2)cc1)c1cccs1. The predicted molar refractivity (Wildman–Crippen MR) is 99.0 cm³/mol. The van der Waals surface area contributed by atoms with Crippen molar-refractivity contribution < 1.29 is 0 Å². The standard InChI is InChI=1S/C18H14N4S2/c19-11-15(17-3-1-9-23-17)21-13-5-7-14(8-6-13)22-16(12-20)18-4-2-10-24-18/h1-10,15-16,21-22H/t15-,16-/m0/s1. The molecule has 2 atom stereocenters. The highest BCUT2D eigenvalue weighted by molar-refractivity contribution is 7.10. The summed E-state index contributed by atoms with van der Waals surface area (Å²) >= 11 is 3.11. The molecular formula is C18H14N4S2. The first-order valence-corrected chi connectivity index (χ1v) is 9.05. The van der Waals surface area contributed by atoms with Gasteiger partial charge >= 0.3 is 0 Å². The number of hydrogen-bond donors (Lipinski definition) is 2. The molecule has 118 valence electrons. The molecular weight excluding hydrogens is 336 g/mol. The van der Waals surface area contributed by atoms with E-state index in [9.17, 15) is 10.5 Å². The molecule has 6 heteroatoms. The van der Waals surface area contributed by atoms with Crippen LogP contribution in [0, 0.1) is 22.7 Å². The molecule has 1 aromatic carbocycles. The van der Waals surface area contributed by atoms with Crippen LogP contribution in [0.3, 0.4) is 0 Å². The molecule has 0 fully saturated rings.